The van der Waals surface area contributed by atoms with Gasteiger partial charge in [0.05, 0.1) is 0 Å². The topological polar surface area (TPSA) is 35.2 Å². The van der Waals surface area contributed by atoms with Crippen molar-refractivity contribution >= 4 is 15.9 Å². The first-order chi connectivity index (χ1) is 9.88. The van der Waals surface area contributed by atoms with Crippen molar-refractivity contribution in [3.8, 4) is 11.5 Å². The van der Waals surface area contributed by atoms with Gasteiger partial charge in [-0.05, 0) is 68.5 Å². The number of rotatable bonds is 4. The summed E-state index contributed by atoms with van der Waals surface area (Å²) in [6.45, 7) is 8.28. The van der Waals surface area contributed by atoms with Crippen LogP contribution >= 0.6 is 15.9 Å². The fraction of sp³-hybridized carbons (Fsp3) is 0.333. The van der Waals surface area contributed by atoms with E-state index < -0.39 is 0 Å². The predicted octanol–water partition coefficient (Wildman–Crippen LogP) is 5.06. The first-order valence-corrected chi connectivity index (χ1v) is 7.96. The average molecular weight is 348 g/mol. The summed E-state index contributed by atoms with van der Waals surface area (Å²) in [6.07, 6.45) is 0.798. The Kier molecular flexibility index (Phi) is 5.07. The number of hydrogen-bond acceptors (Lipinski definition) is 2. The minimum absolute atomic E-state index is 0.105. The van der Waals surface area contributed by atoms with Crippen LogP contribution in [-0.4, -0.2) is 6.04 Å². The maximum absolute atomic E-state index is 6.25. The van der Waals surface area contributed by atoms with Gasteiger partial charge in [0.15, 0.2) is 0 Å². The summed E-state index contributed by atoms with van der Waals surface area (Å²) in [5, 5.41) is 0. The molecular weight excluding hydrogens is 326 g/mol. The van der Waals surface area contributed by atoms with Crippen molar-refractivity contribution in [1.29, 1.82) is 0 Å². The lowest BCUT2D eigenvalue weighted by molar-refractivity contribution is 0.466. The normalized spacial score (nSPS) is 12.3. The van der Waals surface area contributed by atoms with Gasteiger partial charge in [-0.2, -0.15) is 0 Å². The number of benzene rings is 2. The summed E-state index contributed by atoms with van der Waals surface area (Å²) in [7, 11) is 0. The molecule has 0 radical (unpaired) electrons. The van der Waals surface area contributed by atoms with Gasteiger partial charge in [0.2, 0.25) is 0 Å². The molecule has 0 fully saturated rings. The molecule has 2 rings (SSSR count). The second-order valence-electron chi connectivity index (χ2n) is 5.69. The van der Waals surface area contributed by atoms with Gasteiger partial charge in [-0.15, -0.1) is 0 Å². The number of ether oxygens (including phenoxy) is 1. The first kappa shape index (κ1) is 16.1. The molecule has 0 heterocycles. The van der Waals surface area contributed by atoms with Crippen molar-refractivity contribution in [2.24, 2.45) is 5.73 Å². The third kappa shape index (κ3) is 3.86. The first-order valence-electron chi connectivity index (χ1n) is 7.17. The summed E-state index contributed by atoms with van der Waals surface area (Å²) in [5.41, 5.74) is 10.6. The smallest absolute Gasteiger partial charge is 0.133 e. The van der Waals surface area contributed by atoms with E-state index in [0.717, 1.165) is 33.5 Å². The van der Waals surface area contributed by atoms with E-state index in [4.69, 9.17) is 10.5 Å². The molecule has 0 saturated heterocycles. The van der Waals surface area contributed by atoms with Crippen molar-refractivity contribution in [3.05, 3.63) is 57.1 Å². The Morgan fingerprint density at radius 1 is 1.10 bits per heavy atom. The zero-order valence-electron chi connectivity index (χ0n) is 13.0. The minimum atomic E-state index is 0.105. The van der Waals surface area contributed by atoms with E-state index >= 15 is 0 Å². The van der Waals surface area contributed by atoms with Gasteiger partial charge in [-0.3, -0.25) is 0 Å². The fourth-order valence-electron chi connectivity index (χ4n) is 2.33. The van der Waals surface area contributed by atoms with Crippen molar-refractivity contribution in [3.63, 3.8) is 0 Å². The largest absolute Gasteiger partial charge is 0.456 e. The Hall–Kier alpha value is -1.32. The molecule has 0 saturated carbocycles. The molecule has 0 amide bonds. The van der Waals surface area contributed by atoms with Crippen molar-refractivity contribution in [1.82, 2.24) is 0 Å². The number of aryl methyl sites for hydroxylation is 2. The maximum Gasteiger partial charge on any atom is 0.133 e. The Morgan fingerprint density at radius 3 is 2.43 bits per heavy atom. The van der Waals surface area contributed by atoms with E-state index in [9.17, 15) is 0 Å². The van der Waals surface area contributed by atoms with Crippen LogP contribution in [0.3, 0.4) is 0 Å². The molecule has 0 bridgehead atoms. The van der Waals surface area contributed by atoms with Crippen LogP contribution in [0.2, 0.25) is 0 Å². The number of hydrogen-bond donors (Lipinski definition) is 1. The van der Waals surface area contributed by atoms with Crippen molar-refractivity contribution in [2.75, 3.05) is 0 Å². The molecule has 112 valence electrons. The maximum atomic E-state index is 6.25. The molecule has 0 spiro atoms. The molecule has 2 aromatic carbocycles. The second kappa shape index (κ2) is 6.63. The standard InChI is InChI=1S/C18H22BrNO/c1-11-5-6-12(2)18(14(11)4)21-17-10-16(19)8-7-15(17)9-13(3)20/h5-8,10,13H,9,20H2,1-4H3. The van der Waals surface area contributed by atoms with Crippen LogP contribution in [0.1, 0.15) is 29.2 Å². The fourth-order valence-corrected chi connectivity index (χ4v) is 2.67. The zero-order chi connectivity index (χ0) is 15.6. The van der Waals surface area contributed by atoms with Crippen molar-refractivity contribution in [2.45, 2.75) is 40.2 Å². The third-order valence-corrected chi connectivity index (χ3v) is 4.15. The van der Waals surface area contributed by atoms with E-state index in [1.807, 2.05) is 19.1 Å². The quantitative estimate of drug-likeness (QED) is 0.839. The third-order valence-electron chi connectivity index (χ3n) is 3.66. The predicted molar refractivity (Wildman–Crippen MR) is 92.2 cm³/mol. The highest BCUT2D eigenvalue weighted by Crippen LogP contribution is 2.34. The van der Waals surface area contributed by atoms with Crippen LogP contribution in [0.15, 0.2) is 34.8 Å². The van der Waals surface area contributed by atoms with Gasteiger partial charge in [0, 0.05) is 10.5 Å². The average Bonchev–Trinajstić information content (AvgIpc) is 2.41. The molecule has 2 aromatic rings. The minimum Gasteiger partial charge on any atom is -0.456 e. The molecule has 0 aromatic heterocycles. The van der Waals surface area contributed by atoms with Crippen LogP contribution in [0.25, 0.3) is 0 Å². The van der Waals surface area contributed by atoms with Crippen LogP contribution in [0, 0.1) is 20.8 Å². The number of halogens is 1. The zero-order valence-corrected chi connectivity index (χ0v) is 14.6. The highest BCUT2D eigenvalue weighted by Gasteiger charge is 2.12. The van der Waals surface area contributed by atoms with Gasteiger partial charge in [-0.1, -0.05) is 34.1 Å². The highest BCUT2D eigenvalue weighted by molar-refractivity contribution is 9.10. The molecule has 2 N–H and O–H groups in total. The van der Waals surface area contributed by atoms with Crippen LogP contribution in [0.5, 0.6) is 11.5 Å². The van der Waals surface area contributed by atoms with E-state index in [2.05, 4.69) is 54.9 Å². The van der Waals surface area contributed by atoms with Crippen LogP contribution in [-0.2, 0) is 6.42 Å². The van der Waals surface area contributed by atoms with Crippen LogP contribution in [0.4, 0.5) is 0 Å². The van der Waals surface area contributed by atoms with E-state index in [-0.39, 0.29) is 6.04 Å². The summed E-state index contributed by atoms with van der Waals surface area (Å²) in [4.78, 5) is 0. The van der Waals surface area contributed by atoms with Crippen molar-refractivity contribution < 1.29 is 4.74 Å². The Balaban J connectivity index is 2.44. The lowest BCUT2D eigenvalue weighted by atomic mass is 10.0. The molecule has 21 heavy (non-hydrogen) atoms. The Labute approximate surface area is 135 Å². The van der Waals surface area contributed by atoms with Gasteiger partial charge in [0.25, 0.3) is 0 Å². The lowest BCUT2D eigenvalue weighted by Gasteiger charge is -2.17. The Bertz CT molecular complexity index is 650. The van der Waals surface area contributed by atoms with Crippen LogP contribution < -0.4 is 10.5 Å². The van der Waals surface area contributed by atoms with Gasteiger partial charge in [-0.25, -0.2) is 0 Å². The second-order valence-corrected chi connectivity index (χ2v) is 6.60. The molecule has 0 aliphatic rings. The lowest BCUT2D eigenvalue weighted by Crippen LogP contribution is -2.18. The molecule has 1 atom stereocenters. The summed E-state index contributed by atoms with van der Waals surface area (Å²) in [5.74, 6) is 1.82. The SMILES string of the molecule is Cc1ccc(C)c(Oc2cc(Br)ccc2CC(C)N)c1C. The summed E-state index contributed by atoms with van der Waals surface area (Å²) in [6, 6.07) is 10.4. The highest BCUT2D eigenvalue weighted by atomic mass is 79.9. The van der Waals surface area contributed by atoms with Gasteiger partial charge < -0.3 is 10.5 Å². The monoisotopic (exact) mass is 347 g/mol. The van der Waals surface area contributed by atoms with Gasteiger partial charge >= 0.3 is 0 Å². The Morgan fingerprint density at radius 2 is 1.76 bits per heavy atom. The summed E-state index contributed by atoms with van der Waals surface area (Å²) >= 11 is 3.52. The molecule has 1 unspecified atom stereocenters. The van der Waals surface area contributed by atoms with E-state index in [0.29, 0.717) is 0 Å². The van der Waals surface area contributed by atoms with Gasteiger partial charge in [0.1, 0.15) is 11.5 Å². The molecule has 0 aliphatic carbocycles. The molecule has 0 aliphatic heterocycles. The number of nitrogens with two attached hydrogens (primary N) is 1. The summed E-state index contributed by atoms with van der Waals surface area (Å²) < 4.78 is 7.26. The molecule has 2 nitrogen and oxygen atoms in total. The molecule has 3 heteroatoms. The molecular formula is C18H22BrNO. The van der Waals surface area contributed by atoms with E-state index in [1.165, 1.54) is 11.1 Å². The van der Waals surface area contributed by atoms with E-state index in [1.54, 1.807) is 0 Å².